The molecule has 21 heavy (non-hydrogen) atoms. The molecule has 1 unspecified atom stereocenters. The highest BCUT2D eigenvalue weighted by atomic mass is 16.2. The zero-order valence-electron chi connectivity index (χ0n) is 12.9. The van der Waals surface area contributed by atoms with E-state index in [0.29, 0.717) is 0 Å². The highest BCUT2D eigenvalue weighted by molar-refractivity contribution is 6.04. The molecule has 1 saturated heterocycles. The van der Waals surface area contributed by atoms with Gasteiger partial charge in [0.1, 0.15) is 6.04 Å². The summed E-state index contributed by atoms with van der Waals surface area (Å²) >= 11 is 0. The summed E-state index contributed by atoms with van der Waals surface area (Å²) in [5.74, 6) is -0.481. The summed E-state index contributed by atoms with van der Waals surface area (Å²) in [5.41, 5.74) is 3.25. The van der Waals surface area contributed by atoms with Crippen LogP contribution in [0.2, 0.25) is 0 Å². The molecule has 1 aromatic rings. The van der Waals surface area contributed by atoms with E-state index in [1.807, 2.05) is 24.8 Å². The van der Waals surface area contributed by atoms with Crippen LogP contribution in [0.1, 0.15) is 31.4 Å². The first kappa shape index (κ1) is 15.5. The van der Waals surface area contributed by atoms with Gasteiger partial charge in [0.05, 0.1) is 6.54 Å². The second kappa shape index (κ2) is 6.72. The van der Waals surface area contributed by atoms with Crippen LogP contribution >= 0.6 is 0 Å². The minimum absolute atomic E-state index is 0.223. The number of rotatable bonds is 5. The number of carbonyl (C=O) groups is 2. The van der Waals surface area contributed by atoms with Crippen LogP contribution < -0.4 is 15.5 Å². The van der Waals surface area contributed by atoms with Crippen molar-refractivity contribution in [3.05, 3.63) is 29.3 Å². The van der Waals surface area contributed by atoms with Gasteiger partial charge < -0.3 is 10.2 Å². The van der Waals surface area contributed by atoms with Crippen molar-refractivity contribution in [3.63, 3.8) is 0 Å². The third-order valence-electron chi connectivity index (χ3n) is 3.75. The standard InChI is InChI=1S/C16H23N3O2/c1-4-7-17-9-13-5-6-14(11(2)8-13)19-10-15(20)18-16(21)12(19)3/h5-6,8,12,17H,4,7,9-10H2,1-3H3,(H,18,20,21). The molecule has 2 amide bonds. The van der Waals surface area contributed by atoms with E-state index in [-0.39, 0.29) is 24.4 Å². The van der Waals surface area contributed by atoms with E-state index < -0.39 is 0 Å². The van der Waals surface area contributed by atoms with E-state index in [0.717, 1.165) is 30.8 Å². The van der Waals surface area contributed by atoms with Crippen molar-refractivity contribution in [1.29, 1.82) is 0 Å². The van der Waals surface area contributed by atoms with Crippen LogP contribution in [0.15, 0.2) is 18.2 Å². The van der Waals surface area contributed by atoms with Gasteiger partial charge in [-0.05, 0) is 44.0 Å². The molecule has 5 heteroatoms. The smallest absolute Gasteiger partial charge is 0.249 e. The summed E-state index contributed by atoms with van der Waals surface area (Å²) in [6, 6.07) is 5.84. The lowest BCUT2D eigenvalue weighted by molar-refractivity contribution is -0.132. The number of piperazine rings is 1. The molecule has 1 heterocycles. The third-order valence-corrected chi connectivity index (χ3v) is 3.75. The number of carbonyl (C=O) groups excluding carboxylic acids is 2. The zero-order chi connectivity index (χ0) is 15.4. The van der Waals surface area contributed by atoms with Crippen molar-refractivity contribution >= 4 is 17.5 Å². The van der Waals surface area contributed by atoms with Crippen LogP contribution in [0.5, 0.6) is 0 Å². The quantitative estimate of drug-likeness (QED) is 0.634. The van der Waals surface area contributed by atoms with Gasteiger partial charge in [0.25, 0.3) is 0 Å². The lowest BCUT2D eigenvalue weighted by Gasteiger charge is -2.34. The van der Waals surface area contributed by atoms with Gasteiger partial charge in [0.15, 0.2) is 0 Å². The first-order valence-electron chi connectivity index (χ1n) is 7.43. The minimum Gasteiger partial charge on any atom is -0.350 e. The molecular weight excluding hydrogens is 266 g/mol. The van der Waals surface area contributed by atoms with Crippen molar-refractivity contribution in [2.24, 2.45) is 0 Å². The SMILES string of the molecule is CCCNCc1ccc(N2CC(=O)NC(=O)C2C)c(C)c1. The maximum atomic E-state index is 11.8. The minimum atomic E-state index is -0.328. The summed E-state index contributed by atoms with van der Waals surface area (Å²) in [4.78, 5) is 25.2. The predicted molar refractivity (Wildman–Crippen MR) is 83.1 cm³/mol. The number of anilines is 1. The zero-order valence-corrected chi connectivity index (χ0v) is 12.9. The highest BCUT2D eigenvalue weighted by Gasteiger charge is 2.30. The molecular formula is C16H23N3O2. The number of nitrogens with zero attached hydrogens (tertiary/aromatic N) is 1. The molecule has 0 aromatic heterocycles. The molecule has 1 aliphatic heterocycles. The fraction of sp³-hybridized carbons (Fsp3) is 0.500. The third kappa shape index (κ3) is 3.61. The number of hydrogen-bond donors (Lipinski definition) is 2. The van der Waals surface area contributed by atoms with Gasteiger partial charge in [-0.25, -0.2) is 0 Å². The molecule has 1 atom stereocenters. The molecule has 1 aliphatic rings. The van der Waals surface area contributed by atoms with Gasteiger partial charge in [-0.1, -0.05) is 19.1 Å². The molecule has 2 N–H and O–H groups in total. The summed E-state index contributed by atoms with van der Waals surface area (Å²) in [5, 5.41) is 5.73. The number of nitrogens with one attached hydrogen (secondary N) is 2. The lowest BCUT2D eigenvalue weighted by Crippen LogP contribution is -2.57. The Bertz CT molecular complexity index is 542. The monoisotopic (exact) mass is 289 g/mol. The molecule has 2 rings (SSSR count). The fourth-order valence-electron chi connectivity index (χ4n) is 2.57. The van der Waals surface area contributed by atoms with Crippen LogP contribution in [0, 0.1) is 6.92 Å². The van der Waals surface area contributed by atoms with Gasteiger partial charge in [-0.2, -0.15) is 0 Å². The second-order valence-corrected chi connectivity index (χ2v) is 5.51. The topological polar surface area (TPSA) is 61.4 Å². The molecule has 0 bridgehead atoms. The Morgan fingerprint density at radius 2 is 2.14 bits per heavy atom. The van der Waals surface area contributed by atoms with E-state index in [4.69, 9.17) is 0 Å². The normalized spacial score (nSPS) is 18.8. The summed E-state index contributed by atoms with van der Waals surface area (Å²) in [7, 11) is 0. The van der Waals surface area contributed by atoms with Crippen LogP contribution in [-0.4, -0.2) is 30.9 Å². The molecule has 114 valence electrons. The van der Waals surface area contributed by atoms with E-state index in [1.165, 1.54) is 5.56 Å². The van der Waals surface area contributed by atoms with Crippen LogP contribution in [-0.2, 0) is 16.1 Å². The van der Waals surface area contributed by atoms with E-state index in [9.17, 15) is 9.59 Å². The van der Waals surface area contributed by atoms with Gasteiger partial charge in [0.2, 0.25) is 11.8 Å². The number of amides is 2. The Kier molecular flexibility index (Phi) is 4.96. The number of aryl methyl sites for hydroxylation is 1. The molecule has 0 saturated carbocycles. The first-order chi connectivity index (χ1) is 10.0. The Hall–Kier alpha value is -1.88. The lowest BCUT2D eigenvalue weighted by atomic mass is 10.1. The van der Waals surface area contributed by atoms with Crippen molar-refractivity contribution in [3.8, 4) is 0 Å². The average molecular weight is 289 g/mol. The van der Waals surface area contributed by atoms with Crippen LogP contribution in [0.3, 0.4) is 0 Å². The number of hydrogen-bond acceptors (Lipinski definition) is 4. The Balaban J connectivity index is 2.16. The molecule has 1 fully saturated rings. The van der Waals surface area contributed by atoms with E-state index in [2.05, 4.69) is 29.7 Å². The average Bonchev–Trinajstić information content (AvgIpc) is 2.44. The summed E-state index contributed by atoms with van der Waals surface area (Å²) in [6.45, 7) is 8.03. The van der Waals surface area contributed by atoms with Gasteiger partial charge in [0, 0.05) is 12.2 Å². The highest BCUT2D eigenvalue weighted by Crippen LogP contribution is 2.24. The molecule has 0 spiro atoms. The summed E-state index contributed by atoms with van der Waals surface area (Å²) in [6.07, 6.45) is 1.11. The fourth-order valence-corrected chi connectivity index (χ4v) is 2.57. The second-order valence-electron chi connectivity index (χ2n) is 5.51. The van der Waals surface area contributed by atoms with Crippen molar-refractivity contribution in [2.45, 2.75) is 39.8 Å². The first-order valence-corrected chi connectivity index (χ1v) is 7.43. The van der Waals surface area contributed by atoms with Gasteiger partial charge in [-0.15, -0.1) is 0 Å². The molecule has 5 nitrogen and oxygen atoms in total. The molecule has 0 aliphatic carbocycles. The molecule has 1 aromatic carbocycles. The number of benzene rings is 1. The number of imide groups is 1. The maximum absolute atomic E-state index is 11.8. The van der Waals surface area contributed by atoms with E-state index in [1.54, 1.807) is 0 Å². The predicted octanol–water partition coefficient (Wildman–Crippen LogP) is 1.35. The largest absolute Gasteiger partial charge is 0.350 e. The summed E-state index contributed by atoms with van der Waals surface area (Å²) < 4.78 is 0. The van der Waals surface area contributed by atoms with Crippen molar-refractivity contribution < 1.29 is 9.59 Å². The van der Waals surface area contributed by atoms with Gasteiger partial charge >= 0.3 is 0 Å². The Morgan fingerprint density at radius 1 is 1.38 bits per heavy atom. The Morgan fingerprint density at radius 3 is 2.81 bits per heavy atom. The van der Waals surface area contributed by atoms with Gasteiger partial charge in [-0.3, -0.25) is 14.9 Å². The maximum Gasteiger partial charge on any atom is 0.249 e. The van der Waals surface area contributed by atoms with Crippen LogP contribution in [0.4, 0.5) is 5.69 Å². The van der Waals surface area contributed by atoms with Crippen molar-refractivity contribution in [2.75, 3.05) is 18.0 Å². The van der Waals surface area contributed by atoms with E-state index >= 15 is 0 Å². The van der Waals surface area contributed by atoms with Crippen molar-refractivity contribution in [1.82, 2.24) is 10.6 Å². The molecule has 0 radical (unpaired) electrons. The Labute approximate surface area is 125 Å². The van der Waals surface area contributed by atoms with Crippen LogP contribution in [0.25, 0.3) is 0 Å².